The van der Waals surface area contributed by atoms with Crippen molar-refractivity contribution < 1.29 is 4.39 Å². The van der Waals surface area contributed by atoms with Crippen molar-refractivity contribution in [2.75, 3.05) is 5.73 Å². The SMILES string of the molecule is Nc1sc(-c2cccnc2)nc1F. The summed E-state index contributed by atoms with van der Waals surface area (Å²) in [7, 11) is 0. The van der Waals surface area contributed by atoms with Crippen LogP contribution < -0.4 is 5.73 Å². The summed E-state index contributed by atoms with van der Waals surface area (Å²) in [5.41, 5.74) is 6.12. The van der Waals surface area contributed by atoms with E-state index in [4.69, 9.17) is 5.73 Å². The molecule has 0 aliphatic rings. The van der Waals surface area contributed by atoms with Crippen LogP contribution in [0.3, 0.4) is 0 Å². The number of nitrogens with two attached hydrogens (primary N) is 1. The topological polar surface area (TPSA) is 51.8 Å². The average molecular weight is 195 g/mol. The smallest absolute Gasteiger partial charge is 0.247 e. The second-order valence-corrected chi connectivity index (χ2v) is 3.45. The predicted molar refractivity (Wildman–Crippen MR) is 49.7 cm³/mol. The molecular formula is C8H6FN3S. The lowest BCUT2D eigenvalue weighted by molar-refractivity contribution is 0.597. The fourth-order valence-electron chi connectivity index (χ4n) is 0.926. The van der Waals surface area contributed by atoms with E-state index < -0.39 is 5.95 Å². The van der Waals surface area contributed by atoms with Crippen molar-refractivity contribution in [3.8, 4) is 10.6 Å². The van der Waals surface area contributed by atoms with E-state index in [2.05, 4.69) is 9.97 Å². The fraction of sp³-hybridized carbons (Fsp3) is 0. The lowest BCUT2D eigenvalue weighted by atomic mass is 10.3. The summed E-state index contributed by atoms with van der Waals surface area (Å²) >= 11 is 1.12. The number of pyridine rings is 1. The molecule has 2 N–H and O–H groups in total. The van der Waals surface area contributed by atoms with Crippen LogP contribution in [0.2, 0.25) is 0 Å². The zero-order chi connectivity index (χ0) is 9.26. The summed E-state index contributed by atoms with van der Waals surface area (Å²) in [6.07, 6.45) is 3.27. The van der Waals surface area contributed by atoms with Crippen LogP contribution in [-0.4, -0.2) is 9.97 Å². The first kappa shape index (κ1) is 8.12. The van der Waals surface area contributed by atoms with Gasteiger partial charge in [-0.1, -0.05) is 11.3 Å². The molecule has 5 heteroatoms. The molecule has 66 valence electrons. The highest BCUT2D eigenvalue weighted by molar-refractivity contribution is 7.18. The van der Waals surface area contributed by atoms with Gasteiger partial charge in [-0.3, -0.25) is 4.98 Å². The van der Waals surface area contributed by atoms with Crippen molar-refractivity contribution in [1.82, 2.24) is 9.97 Å². The molecule has 2 heterocycles. The molecule has 2 rings (SSSR count). The highest BCUT2D eigenvalue weighted by atomic mass is 32.1. The quantitative estimate of drug-likeness (QED) is 0.756. The van der Waals surface area contributed by atoms with E-state index in [1.807, 2.05) is 6.07 Å². The van der Waals surface area contributed by atoms with E-state index in [-0.39, 0.29) is 5.00 Å². The van der Waals surface area contributed by atoms with Gasteiger partial charge in [0.1, 0.15) is 10.0 Å². The van der Waals surface area contributed by atoms with E-state index in [0.717, 1.165) is 16.9 Å². The number of rotatable bonds is 1. The Labute approximate surface area is 78.1 Å². The molecule has 0 fully saturated rings. The number of hydrogen-bond donors (Lipinski definition) is 1. The Morgan fingerprint density at radius 1 is 1.46 bits per heavy atom. The van der Waals surface area contributed by atoms with Gasteiger partial charge in [-0.25, -0.2) is 4.98 Å². The minimum absolute atomic E-state index is 0.110. The Morgan fingerprint density at radius 2 is 2.31 bits per heavy atom. The summed E-state index contributed by atoms with van der Waals surface area (Å²) in [5.74, 6) is -0.608. The van der Waals surface area contributed by atoms with Gasteiger partial charge in [0.25, 0.3) is 0 Å². The van der Waals surface area contributed by atoms with E-state index in [1.165, 1.54) is 0 Å². The van der Waals surface area contributed by atoms with Crippen LogP contribution in [-0.2, 0) is 0 Å². The average Bonchev–Trinajstić information content (AvgIpc) is 2.49. The molecule has 0 atom stereocenters. The van der Waals surface area contributed by atoms with Crippen molar-refractivity contribution in [1.29, 1.82) is 0 Å². The van der Waals surface area contributed by atoms with Crippen molar-refractivity contribution in [2.45, 2.75) is 0 Å². The van der Waals surface area contributed by atoms with Gasteiger partial charge in [0.2, 0.25) is 5.95 Å². The Bertz CT molecular complexity index is 393. The third-order valence-corrected chi connectivity index (χ3v) is 2.43. The summed E-state index contributed by atoms with van der Waals surface area (Å²) in [4.78, 5) is 7.57. The van der Waals surface area contributed by atoms with Gasteiger partial charge in [-0.2, -0.15) is 4.39 Å². The zero-order valence-electron chi connectivity index (χ0n) is 6.57. The molecule has 13 heavy (non-hydrogen) atoms. The van der Waals surface area contributed by atoms with Gasteiger partial charge in [0, 0.05) is 18.0 Å². The van der Waals surface area contributed by atoms with Crippen LogP contribution in [0, 0.1) is 5.95 Å². The third-order valence-electron chi connectivity index (χ3n) is 1.52. The summed E-state index contributed by atoms with van der Waals surface area (Å²) in [6, 6.07) is 3.58. The molecule has 0 spiro atoms. The monoisotopic (exact) mass is 195 g/mol. The fourth-order valence-corrected chi connectivity index (χ4v) is 1.63. The molecule has 0 unspecified atom stereocenters. The van der Waals surface area contributed by atoms with Gasteiger partial charge in [-0.05, 0) is 12.1 Å². The van der Waals surface area contributed by atoms with E-state index in [0.29, 0.717) is 5.01 Å². The molecule has 0 radical (unpaired) electrons. The lowest BCUT2D eigenvalue weighted by Gasteiger charge is -1.91. The molecule has 3 nitrogen and oxygen atoms in total. The number of thiazole rings is 1. The number of nitrogens with zero attached hydrogens (tertiary/aromatic N) is 2. The molecule has 0 saturated carbocycles. The molecule has 0 aromatic carbocycles. The van der Waals surface area contributed by atoms with E-state index in [1.54, 1.807) is 18.5 Å². The Morgan fingerprint density at radius 3 is 2.85 bits per heavy atom. The maximum Gasteiger partial charge on any atom is 0.247 e. The first-order valence-electron chi connectivity index (χ1n) is 3.59. The van der Waals surface area contributed by atoms with Crippen LogP contribution in [0.25, 0.3) is 10.6 Å². The van der Waals surface area contributed by atoms with Gasteiger partial charge in [-0.15, -0.1) is 0 Å². The number of halogens is 1. The van der Waals surface area contributed by atoms with Crippen LogP contribution in [0.5, 0.6) is 0 Å². The summed E-state index contributed by atoms with van der Waals surface area (Å²) in [6.45, 7) is 0. The highest BCUT2D eigenvalue weighted by Gasteiger charge is 2.08. The standard InChI is InChI=1S/C8H6FN3S/c9-6-7(10)13-8(12-6)5-2-1-3-11-4-5/h1-4H,10H2. The van der Waals surface area contributed by atoms with Crippen LogP contribution in [0.1, 0.15) is 0 Å². The molecule has 0 amide bonds. The number of aromatic nitrogens is 2. The third kappa shape index (κ3) is 1.50. The van der Waals surface area contributed by atoms with Crippen molar-refractivity contribution >= 4 is 16.3 Å². The van der Waals surface area contributed by atoms with Crippen LogP contribution in [0.4, 0.5) is 9.39 Å². The number of nitrogen functional groups attached to an aromatic ring is 1. The molecule has 0 aliphatic carbocycles. The van der Waals surface area contributed by atoms with Gasteiger partial charge in [0.15, 0.2) is 0 Å². The van der Waals surface area contributed by atoms with Gasteiger partial charge < -0.3 is 5.73 Å². The molecule has 0 aliphatic heterocycles. The first-order valence-corrected chi connectivity index (χ1v) is 4.41. The molecule has 2 aromatic heterocycles. The van der Waals surface area contributed by atoms with Gasteiger partial charge in [0.05, 0.1) is 0 Å². The van der Waals surface area contributed by atoms with E-state index >= 15 is 0 Å². The molecule has 0 bridgehead atoms. The Hall–Kier alpha value is -1.49. The predicted octanol–water partition coefficient (Wildman–Crippen LogP) is 1.93. The van der Waals surface area contributed by atoms with Crippen LogP contribution >= 0.6 is 11.3 Å². The van der Waals surface area contributed by atoms with Crippen molar-refractivity contribution in [3.63, 3.8) is 0 Å². The minimum Gasteiger partial charge on any atom is -0.387 e. The Kier molecular flexibility index (Phi) is 1.94. The first-order chi connectivity index (χ1) is 6.27. The summed E-state index contributed by atoms with van der Waals surface area (Å²) < 4.78 is 12.8. The zero-order valence-corrected chi connectivity index (χ0v) is 7.38. The van der Waals surface area contributed by atoms with E-state index in [9.17, 15) is 4.39 Å². The van der Waals surface area contributed by atoms with Crippen molar-refractivity contribution in [2.24, 2.45) is 0 Å². The highest BCUT2D eigenvalue weighted by Crippen LogP contribution is 2.27. The van der Waals surface area contributed by atoms with Crippen molar-refractivity contribution in [3.05, 3.63) is 30.5 Å². The minimum atomic E-state index is -0.608. The molecular weight excluding hydrogens is 189 g/mol. The second kappa shape index (κ2) is 3.10. The second-order valence-electron chi connectivity index (χ2n) is 2.42. The van der Waals surface area contributed by atoms with Gasteiger partial charge >= 0.3 is 0 Å². The summed E-state index contributed by atoms with van der Waals surface area (Å²) in [5, 5.41) is 0.668. The Balaban J connectivity index is 2.48. The lowest BCUT2D eigenvalue weighted by Crippen LogP contribution is -1.82. The van der Waals surface area contributed by atoms with Crippen LogP contribution in [0.15, 0.2) is 24.5 Å². The molecule has 2 aromatic rings. The largest absolute Gasteiger partial charge is 0.387 e. The molecule has 0 saturated heterocycles. The normalized spacial score (nSPS) is 10.2. The maximum atomic E-state index is 12.8. The number of anilines is 1. The maximum absolute atomic E-state index is 12.8. The number of hydrogen-bond acceptors (Lipinski definition) is 4.